The zero-order valence-corrected chi connectivity index (χ0v) is 22.2. The minimum Gasteiger partial charge on any atom is -1.00 e. The third-order valence-electron chi connectivity index (χ3n) is 8.83. The number of aliphatic hydroxyl groups is 1. The zero-order chi connectivity index (χ0) is 24.8. The van der Waals surface area contributed by atoms with Crippen LogP contribution >= 0.6 is 0 Å². The first-order chi connectivity index (χ1) is 17.5. The molecular formula is C31H36ClN3O2. The van der Waals surface area contributed by atoms with Crippen LogP contribution in [0.25, 0.3) is 11.1 Å². The molecule has 1 amide bonds. The lowest BCUT2D eigenvalue weighted by Gasteiger charge is -2.53. The fourth-order valence-electron chi connectivity index (χ4n) is 6.90. The van der Waals surface area contributed by atoms with Crippen LogP contribution in [0, 0.1) is 12.8 Å². The van der Waals surface area contributed by atoms with E-state index in [1.54, 1.807) is 0 Å². The van der Waals surface area contributed by atoms with E-state index in [4.69, 9.17) is 0 Å². The molecule has 3 fully saturated rings. The Balaban J connectivity index is 0.00000280. The van der Waals surface area contributed by atoms with Crippen molar-refractivity contribution in [3.8, 4) is 11.1 Å². The molecule has 5 nitrogen and oxygen atoms in total. The Kier molecular flexibility index (Phi) is 7.06. The van der Waals surface area contributed by atoms with E-state index in [2.05, 4.69) is 41.8 Å². The van der Waals surface area contributed by atoms with Gasteiger partial charge >= 0.3 is 0 Å². The molecule has 0 radical (unpaired) electrons. The van der Waals surface area contributed by atoms with Crippen molar-refractivity contribution in [1.82, 2.24) is 5.32 Å². The van der Waals surface area contributed by atoms with Gasteiger partial charge in [0.1, 0.15) is 0 Å². The Morgan fingerprint density at radius 1 is 0.973 bits per heavy atom. The van der Waals surface area contributed by atoms with Crippen LogP contribution in [0.2, 0.25) is 0 Å². The summed E-state index contributed by atoms with van der Waals surface area (Å²) in [5, 5.41) is 18.8. The third kappa shape index (κ3) is 4.54. The summed E-state index contributed by atoms with van der Waals surface area (Å²) < 4.78 is 1.07. The molecule has 7 rings (SSSR count). The second kappa shape index (κ2) is 10.1. The summed E-state index contributed by atoms with van der Waals surface area (Å²) >= 11 is 0. The van der Waals surface area contributed by atoms with Gasteiger partial charge in [-0.3, -0.25) is 4.79 Å². The molecule has 3 N–H and O–H groups in total. The molecule has 3 heterocycles. The van der Waals surface area contributed by atoms with Gasteiger partial charge < -0.3 is 32.6 Å². The Morgan fingerprint density at radius 3 is 2.27 bits per heavy atom. The third-order valence-corrected chi connectivity index (χ3v) is 8.83. The van der Waals surface area contributed by atoms with Crippen LogP contribution in [0.4, 0.5) is 5.69 Å². The van der Waals surface area contributed by atoms with E-state index in [1.165, 1.54) is 24.3 Å². The van der Waals surface area contributed by atoms with E-state index in [0.29, 0.717) is 17.0 Å². The number of hydrogen-bond donors (Lipinski definition) is 3. The van der Waals surface area contributed by atoms with E-state index in [-0.39, 0.29) is 24.4 Å². The molecule has 2 bridgehead atoms. The van der Waals surface area contributed by atoms with Gasteiger partial charge in [0.15, 0.2) is 5.60 Å². The Bertz CT molecular complexity index is 1240. The monoisotopic (exact) mass is 517 g/mol. The van der Waals surface area contributed by atoms with Gasteiger partial charge in [-0.15, -0.1) is 0 Å². The standard InChI is InChI=1S/C31H35N3O2.ClH/c1-22-8-6-9-24(20-22)32-16-7-17-34-18-14-23(15-19-34)29(21-34)33-30(35)31(36)27-12-4-2-10-25(27)26-11-3-5-13-28(26)31;/h2-6,8-13,20,23,29,32,36H,7,14-19,21H2,1H3;1H/t23?,29-,34?;/m0./s1. The van der Waals surface area contributed by atoms with E-state index in [9.17, 15) is 9.90 Å². The first-order valence-electron chi connectivity index (χ1n) is 13.4. The molecule has 37 heavy (non-hydrogen) atoms. The second-order valence-corrected chi connectivity index (χ2v) is 11.1. The summed E-state index contributed by atoms with van der Waals surface area (Å²) in [6, 6.07) is 24.2. The molecule has 3 aliphatic heterocycles. The molecule has 3 aromatic rings. The van der Waals surface area contributed by atoms with Gasteiger partial charge in [-0.2, -0.15) is 0 Å². The van der Waals surface area contributed by atoms with Gasteiger partial charge in [0.25, 0.3) is 5.91 Å². The number of carbonyl (C=O) groups excluding carboxylic acids is 1. The topological polar surface area (TPSA) is 61.4 Å². The number of anilines is 1. The molecule has 0 aromatic heterocycles. The quantitative estimate of drug-likeness (QED) is 0.328. The first kappa shape index (κ1) is 25.8. The number of aryl methyl sites for hydroxylation is 1. The highest BCUT2D eigenvalue weighted by Crippen LogP contribution is 2.47. The van der Waals surface area contributed by atoms with Crippen LogP contribution in [0.3, 0.4) is 0 Å². The number of amides is 1. The maximum Gasteiger partial charge on any atom is 0.261 e. The van der Waals surface area contributed by atoms with E-state index in [0.717, 1.165) is 54.5 Å². The van der Waals surface area contributed by atoms with Gasteiger partial charge in [-0.25, -0.2) is 0 Å². The number of hydrogen-bond acceptors (Lipinski definition) is 3. The number of benzene rings is 3. The number of nitrogens with zero attached hydrogens (tertiary/aromatic N) is 1. The van der Waals surface area contributed by atoms with Crippen molar-refractivity contribution >= 4 is 11.6 Å². The Labute approximate surface area is 225 Å². The van der Waals surface area contributed by atoms with Crippen molar-refractivity contribution in [1.29, 1.82) is 0 Å². The van der Waals surface area contributed by atoms with Crippen molar-refractivity contribution in [3.63, 3.8) is 0 Å². The van der Waals surface area contributed by atoms with Gasteiger partial charge in [0.05, 0.1) is 32.2 Å². The fourth-order valence-corrected chi connectivity index (χ4v) is 6.90. The summed E-state index contributed by atoms with van der Waals surface area (Å²) in [7, 11) is 0. The molecule has 0 unspecified atom stereocenters. The molecule has 3 saturated heterocycles. The lowest BCUT2D eigenvalue weighted by Crippen LogP contribution is -3.00. The van der Waals surface area contributed by atoms with Crippen molar-refractivity contribution in [2.45, 2.75) is 37.8 Å². The van der Waals surface area contributed by atoms with E-state index >= 15 is 0 Å². The highest BCUT2D eigenvalue weighted by molar-refractivity contribution is 5.98. The highest BCUT2D eigenvalue weighted by Gasteiger charge is 2.51. The smallest absolute Gasteiger partial charge is 0.261 e. The number of rotatable bonds is 7. The van der Waals surface area contributed by atoms with Gasteiger partial charge in [0, 0.05) is 42.6 Å². The number of halogens is 1. The second-order valence-electron chi connectivity index (χ2n) is 11.1. The molecule has 0 saturated carbocycles. The van der Waals surface area contributed by atoms with Crippen LogP contribution in [-0.2, 0) is 10.4 Å². The zero-order valence-electron chi connectivity index (χ0n) is 21.4. The van der Waals surface area contributed by atoms with E-state index in [1.807, 2.05) is 48.5 Å². The SMILES string of the molecule is Cc1cccc(NCCC[N+]23CCC(CC2)[C@@H](NC(=O)C2(O)c4ccccc4-c4ccccc42)C3)c1.[Cl-]. The summed E-state index contributed by atoms with van der Waals surface area (Å²) in [6.45, 7) is 7.54. The van der Waals surface area contributed by atoms with Crippen molar-refractivity contribution < 1.29 is 26.8 Å². The predicted molar refractivity (Wildman–Crippen MR) is 144 cm³/mol. The molecule has 0 spiro atoms. The van der Waals surface area contributed by atoms with Gasteiger partial charge in [0.2, 0.25) is 0 Å². The minimum absolute atomic E-state index is 0. The minimum atomic E-state index is -1.64. The number of nitrogens with one attached hydrogen (secondary N) is 2. The Hall–Kier alpha value is -2.86. The fraction of sp³-hybridized carbons (Fsp3) is 0.387. The average molecular weight is 518 g/mol. The van der Waals surface area contributed by atoms with Crippen LogP contribution in [0.1, 0.15) is 36.0 Å². The Morgan fingerprint density at radius 2 is 1.62 bits per heavy atom. The van der Waals surface area contributed by atoms with Crippen LogP contribution < -0.4 is 23.0 Å². The molecule has 1 atom stereocenters. The molecule has 1 aliphatic carbocycles. The van der Waals surface area contributed by atoms with Crippen LogP contribution in [0.15, 0.2) is 72.8 Å². The van der Waals surface area contributed by atoms with Gasteiger partial charge in [-0.05, 0) is 41.7 Å². The van der Waals surface area contributed by atoms with E-state index < -0.39 is 5.60 Å². The number of fused-ring (bicyclic) bond motifs is 6. The normalized spacial score (nSPS) is 24.5. The molecule has 4 aliphatic rings. The largest absolute Gasteiger partial charge is 1.00 e. The van der Waals surface area contributed by atoms with Crippen molar-refractivity contribution in [2.24, 2.45) is 5.92 Å². The number of carbonyl (C=O) groups is 1. The average Bonchev–Trinajstić information content (AvgIpc) is 3.17. The van der Waals surface area contributed by atoms with Crippen molar-refractivity contribution in [2.75, 3.05) is 38.0 Å². The van der Waals surface area contributed by atoms with Gasteiger partial charge in [-0.1, -0.05) is 60.7 Å². The lowest BCUT2D eigenvalue weighted by atomic mass is 9.80. The number of quaternary nitrogens is 1. The maximum atomic E-state index is 13.8. The molecule has 194 valence electrons. The van der Waals surface area contributed by atoms with Crippen molar-refractivity contribution in [3.05, 3.63) is 89.5 Å². The number of piperidine rings is 3. The molecule has 6 heteroatoms. The summed E-state index contributed by atoms with van der Waals surface area (Å²) in [5.74, 6) is 0.216. The summed E-state index contributed by atoms with van der Waals surface area (Å²) in [4.78, 5) is 13.8. The maximum absolute atomic E-state index is 13.8. The highest BCUT2D eigenvalue weighted by atomic mass is 35.5. The lowest BCUT2D eigenvalue weighted by molar-refractivity contribution is -0.943. The predicted octanol–water partition coefficient (Wildman–Crippen LogP) is 1.44. The summed E-state index contributed by atoms with van der Waals surface area (Å²) in [5.41, 5.74) is 4.10. The van der Waals surface area contributed by atoms with Crippen LogP contribution in [0.5, 0.6) is 0 Å². The summed E-state index contributed by atoms with van der Waals surface area (Å²) in [6.07, 6.45) is 3.38. The van der Waals surface area contributed by atoms with Crippen LogP contribution in [-0.4, -0.2) is 54.3 Å². The molecule has 3 aromatic carbocycles. The first-order valence-corrected chi connectivity index (χ1v) is 13.4. The molecular weight excluding hydrogens is 482 g/mol.